The van der Waals surface area contributed by atoms with Crippen molar-refractivity contribution in [3.05, 3.63) is 144 Å². The van der Waals surface area contributed by atoms with Gasteiger partial charge in [-0.15, -0.1) is 11.3 Å². The van der Waals surface area contributed by atoms with Gasteiger partial charge in [0.15, 0.2) is 22.9 Å². The van der Waals surface area contributed by atoms with Crippen molar-refractivity contribution in [3.63, 3.8) is 0 Å². The number of nitrogens with zero attached hydrogens (tertiary/aromatic N) is 3. The Bertz CT molecular complexity index is 2960. The summed E-state index contributed by atoms with van der Waals surface area (Å²) in [4.78, 5) is 0. The molecule has 6 heteroatoms. The standard InChI is InChI=1S/C52H52FN3SSi/c1-8-54-45-18-11-12-19-46(45)56-48-25-33(4)55-31-51(58(5,6)7)37(24-32(2)3)27-47(55)39-17-10-9-14-34(39)20-22-40(48)42-30-50-43(29-44(42)52(54)56)41-23-21-36(28-49(41)57-50)35-15-13-16-38(53)26-35/h9-19,21,23,26-32,40,48H,4,8,20,22,24-25H2,1-3,5-7H3/q+2. The molecule has 0 amide bonds. The first-order valence-electron chi connectivity index (χ1n) is 21.1. The summed E-state index contributed by atoms with van der Waals surface area (Å²) in [5.41, 5.74) is 14.0. The molecule has 2 atom stereocenters. The Morgan fingerprint density at radius 1 is 0.845 bits per heavy atom. The van der Waals surface area contributed by atoms with Crippen LogP contribution in [0.4, 0.5) is 4.39 Å². The quantitative estimate of drug-likeness (QED) is 0.122. The molecule has 2 aliphatic heterocycles. The van der Waals surface area contributed by atoms with Gasteiger partial charge in [0.25, 0.3) is 5.82 Å². The molecule has 0 N–H and O–H groups in total. The number of hydrogen-bond acceptors (Lipinski definition) is 1. The van der Waals surface area contributed by atoms with E-state index < -0.39 is 8.07 Å². The Morgan fingerprint density at radius 3 is 2.41 bits per heavy atom. The zero-order chi connectivity index (χ0) is 40.0. The normalized spacial score (nSPS) is 16.7. The van der Waals surface area contributed by atoms with E-state index in [2.05, 4.69) is 145 Å². The van der Waals surface area contributed by atoms with Gasteiger partial charge in [-0.2, -0.15) is 4.57 Å². The zero-order valence-corrected chi connectivity index (χ0v) is 36.4. The molecule has 10 rings (SSSR count). The average molecular weight is 798 g/mol. The number of hydrogen-bond donors (Lipinski definition) is 0. The second-order valence-electron chi connectivity index (χ2n) is 18.1. The molecule has 0 fully saturated rings. The summed E-state index contributed by atoms with van der Waals surface area (Å²) in [6.07, 6.45) is 6.45. The van der Waals surface area contributed by atoms with Crippen molar-refractivity contribution in [2.45, 2.75) is 84.6 Å². The van der Waals surface area contributed by atoms with Gasteiger partial charge in [-0.1, -0.05) is 88.1 Å². The van der Waals surface area contributed by atoms with E-state index in [1.54, 1.807) is 12.1 Å². The summed E-state index contributed by atoms with van der Waals surface area (Å²) in [5.74, 6) is 1.93. The number of rotatable bonds is 5. The molecular formula is C52H52FN3SSi+2. The minimum absolute atomic E-state index is 0.176. The average Bonchev–Trinajstić information content (AvgIpc) is 3.73. The lowest BCUT2D eigenvalue weighted by Crippen LogP contribution is -2.49. The summed E-state index contributed by atoms with van der Waals surface area (Å²) >= 11 is 1.86. The molecule has 0 bridgehead atoms. The van der Waals surface area contributed by atoms with Crippen LogP contribution in [-0.4, -0.2) is 12.6 Å². The molecule has 58 heavy (non-hydrogen) atoms. The fraction of sp³-hybridized carbons (Fsp3) is 0.269. The van der Waals surface area contributed by atoms with Crippen LogP contribution in [0.5, 0.6) is 0 Å². The van der Waals surface area contributed by atoms with Gasteiger partial charge in [-0.25, -0.2) is 13.5 Å². The van der Waals surface area contributed by atoms with Crippen molar-refractivity contribution in [3.8, 4) is 33.8 Å². The van der Waals surface area contributed by atoms with E-state index in [0.29, 0.717) is 5.92 Å². The van der Waals surface area contributed by atoms with E-state index in [1.165, 1.54) is 81.8 Å². The van der Waals surface area contributed by atoms with Gasteiger partial charge in [0, 0.05) is 42.9 Å². The molecule has 2 aliphatic rings. The molecule has 0 radical (unpaired) electrons. The van der Waals surface area contributed by atoms with Crippen LogP contribution in [0.2, 0.25) is 19.6 Å². The molecule has 5 aromatic carbocycles. The molecule has 8 aromatic rings. The highest BCUT2D eigenvalue weighted by molar-refractivity contribution is 7.25. The van der Waals surface area contributed by atoms with Crippen LogP contribution >= 0.6 is 11.3 Å². The predicted molar refractivity (Wildman–Crippen MR) is 245 cm³/mol. The maximum absolute atomic E-state index is 14.3. The Hall–Kier alpha value is -5.17. The first-order valence-corrected chi connectivity index (χ1v) is 25.4. The molecular weight excluding hydrogens is 746 g/mol. The molecule has 3 nitrogen and oxygen atoms in total. The van der Waals surface area contributed by atoms with Gasteiger partial charge in [-0.05, 0) is 115 Å². The van der Waals surface area contributed by atoms with Crippen LogP contribution in [-0.2, 0) is 19.4 Å². The van der Waals surface area contributed by atoms with Crippen molar-refractivity contribution < 1.29 is 13.5 Å². The Balaban J connectivity index is 1.21. The van der Waals surface area contributed by atoms with Gasteiger partial charge in [-0.3, -0.25) is 0 Å². The number of allylic oxidation sites excluding steroid dienone is 1. The van der Waals surface area contributed by atoms with Crippen molar-refractivity contribution in [2.75, 3.05) is 0 Å². The van der Waals surface area contributed by atoms with Crippen LogP contribution in [0.1, 0.15) is 62.3 Å². The van der Waals surface area contributed by atoms with Gasteiger partial charge in [0.05, 0.1) is 26.6 Å². The number of fused-ring (bicyclic) bond motifs is 14. The topological polar surface area (TPSA) is 12.7 Å². The van der Waals surface area contributed by atoms with Crippen molar-refractivity contribution in [1.29, 1.82) is 0 Å². The first-order chi connectivity index (χ1) is 28.0. The number of imidazole rings is 1. The molecule has 290 valence electrons. The maximum Gasteiger partial charge on any atom is 0.290 e. The Kier molecular flexibility index (Phi) is 8.95. The fourth-order valence-electron chi connectivity index (χ4n) is 10.3. The number of halogens is 1. The third-order valence-corrected chi connectivity index (χ3v) is 16.1. The number of aromatic nitrogens is 3. The highest BCUT2D eigenvalue weighted by Crippen LogP contribution is 2.51. The monoisotopic (exact) mass is 797 g/mol. The van der Waals surface area contributed by atoms with Crippen LogP contribution in [0.3, 0.4) is 0 Å². The zero-order valence-electron chi connectivity index (χ0n) is 34.6. The summed E-state index contributed by atoms with van der Waals surface area (Å²) in [6, 6.07) is 39.5. The highest BCUT2D eigenvalue weighted by atomic mass is 32.1. The summed E-state index contributed by atoms with van der Waals surface area (Å²) < 4.78 is 24.6. The molecule has 0 saturated heterocycles. The molecule has 5 heterocycles. The van der Waals surface area contributed by atoms with E-state index in [1.807, 2.05) is 17.4 Å². The molecule has 2 unspecified atom stereocenters. The van der Waals surface area contributed by atoms with Crippen LogP contribution < -0.4 is 14.3 Å². The van der Waals surface area contributed by atoms with Crippen molar-refractivity contribution in [1.82, 2.24) is 4.57 Å². The molecule has 0 aliphatic carbocycles. The summed E-state index contributed by atoms with van der Waals surface area (Å²) in [7, 11) is -1.71. The van der Waals surface area contributed by atoms with E-state index in [9.17, 15) is 4.39 Å². The van der Waals surface area contributed by atoms with Crippen molar-refractivity contribution >= 4 is 61.5 Å². The SMILES string of the molecule is C=C1CC2C(CCc3ccccc3-c3cc(CC(C)C)c([Si](C)(C)C)c[n+]31)c1cc3sc4cc(-c5cccc(F)c5)ccc4c3cc1-c1n2c2ccccc2[n+]1CC. The smallest absolute Gasteiger partial charge is 0.223 e. The lowest BCUT2D eigenvalue weighted by Gasteiger charge is -2.33. The molecule has 0 spiro atoms. The summed E-state index contributed by atoms with van der Waals surface area (Å²) in [6.45, 7) is 20.3. The minimum Gasteiger partial charge on any atom is -0.223 e. The molecule has 3 aromatic heterocycles. The van der Waals surface area contributed by atoms with Crippen molar-refractivity contribution in [2.24, 2.45) is 5.92 Å². The lowest BCUT2D eigenvalue weighted by molar-refractivity contribution is -0.657. The van der Waals surface area contributed by atoms with E-state index in [0.717, 1.165) is 49.1 Å². The number of para-hydroxylation sites is 2. The van der Waals surface area contributed by atoms with E-state index in [4.69, 9.17) is 6.58 Å². The highest BCUT2D eigenvalue weighted by Gasteiger charge is 2.45. The van der Waals surface area contributed by atoms with Gasteiger partial charge >= 0.3 is 0 Å². The maximum atomic E-state index is 14.3. The van der Waals surface area contributed by atoms with E-state index in [-0.39, 0.29) is 17.8 Å². The second kappa shape index (κ2) is 14.0. The largest absolute Gasteiger partial charge is 0.290 e. The predicted octanol–water partition coefficient (Wildman–Crippen LogP) is 12.6. The fourth-order valence-corrected chi connectivity index (χ4v) is 13.2. The Labute approximate surface area is 346 Å². The number of pyridine rings is 1. The van der Waals surface area contributed by atoms with Gasteiger partial charge < -0.3 is 0 Å². The van der Waals surface area contributed by atoms with Crippen LogP contribution in [0, 0.1) is 11.7 Å². The van der Waals surface area contributed by atoms with Crippen LogP contribution in [0.25, 0.3) is 70.7 Å². The van der Waals surface area contributed by atoms with Gasteiger partial charge in [0.1, 0.15) is 11.9 Å². The number of benzene rings is 5. The minimum atomic E-state index is -1.71. The van der Waals surface area contributed by atoms with Gasteiger partial charge in [0.2, 0.25) is 5.69 Å². The number of aryl methyl sites for hydroxylation is 2. The first kappa shape index (κ1) is 37.1. The third kappa shape index (κ3) is 6.02. The second-order valence-corrected chi connectivity index (χ2v) is 24.3. The number of thiophene rings is 1. The Morgan fingerprint density at radius 2 is 1.62 bits per heavy atom. The lowest BCUT2D eigenvalue weighted by atomic mass is 9.78. The molecule has 0 saturated carbocycles. The van der Waals surface area contributed by atoms with Crippen LogP contribution in [0.15, 0.2) is 122 Å². The summed E-state index contributed by atoms with van der Waals surface area (Å²) in [5, 5.41) is 4.08. The third-order valence-electron chi connectivity index (χ3n) is 12.9. The van der Waals surface area contributed by atoms with E-state index >= 15 is 0 Å².